The molecule has 3 aromatic heterocycles. The zero-order valence-electron chi connectivity index (χ0n) is 21.6. The Kier molecular flexibility index (Phi) is 6.51. The van der Waals surface area contributed by atoms with Crippen molar-refractivity contribution in [3.05, 3.63) is 74.7 Å². The average Bonchev–Trinajstić information content (AvgIpc) is 3.39. The summed E-state index contributed by atoms with van der Waals surface area (Å²) in [4.78, 5) is 13.2. The third-order valence-electron chi connectivity index (χ3n) is 6.65. The highest BCUT2D eigenvalue weighted by molar-refractivity contribution is 6.04. The van der Waals surface area contributed by atoms with Gasteiger partial charge in [0, 0.05) is 18.3 Å². The van der Waals surface area contributed by atoms with Crippen molar-refractivity contribution in [1.82, 2.24) is 24.7 Å². The SMILES string of the molecule is Cc1ccc(OCc2c(C(=O)Nc3c(C)nn(Cc4c(C)nn(C)c4C)c3C)noc2C)cc1C. The molecule has 4 aromatic rings. The number of hydrogen-bond acceptors (Lipinski definition) is 6. The van der Waals surface area contributed by atoms with Gasteiger partial charge in [-0.15, -0.1) is 0 Å². The third-order valence-corrected chi connectivity index (χ3v) is 6.65. The first-order valence-corrected chi connectivity index (χ1v) is 11.6. The van der Waals surface area contributed by atoms with E-state index in [-0.39, 0.29) is 18.2 Å². The molecule has 0 unspecified atom stereocenters. The van der Waals surface area contributed by atoms with Gasteiger partial charge in [-0.1, -0.05) is 11.2 Å². The van der Waals surface area contributed by atoms with Crippen molar-refractivity contribution in [2.45, 2.75) is 61.6 Å². The smallest absolute Gasteiger partial charge is 0.278 e. The first-order chi connectivity index (χ1) is 16.6. The van der Waals surface area contributed by atoms with E-state index < -0.39 is 0 Å². The molecule has 4 rings (SSSR count). The van der Waals surface area contributed by atoms with Gasteiger partial charge in [0.1, 0.15) is 18.1 Å². The van der Waals surface area contributed by atoms with E-state index in [0.29, 0.717) is 23.6 Å². The molecule has 0 aliphatic heterocycles. The number of amides is 1. The van der Waals surface area contributed by atoms with E-state index in [0.717, 1.165) is 39.7 Å². The fourth-order valence-corrected chi connectivity index (χ4v) is 4.10. The van der Waals surface area contributed by atoms with Crippen LogP contribution in [-0.4, -0.2) is 30.6 Å². The van der Waals surface area contributed by atoms with Gasteiger partial charge in [0.25, 0.3) is 5.91 Å². The second kappa shape index (κ2) is 9.40. The maximum Gasteiger partial charge on any atom is 0.278 e. The van der Waals surface area contributed by atoms with Gasteiger partial charge in [-0.25, -0.2) is 0 Å². The first kappa shape index (κ1) is 24.3. The zero-order chi connectivity index (χ0) is 25.4. The molecule has 3 heterocycles. The minimum Gasteiger partial charge on any atom is -0.489 e. The van der Waals surface area contributed by atoms with E-state index in [1.165, 1.54) is 5.56 Å². The van der Waals surface area contributed by atoms with Crippen molar-refractivity contribution in [1.29, 1.82) is 0 Å². The lowest BCUT2D eigenvalue weighted by molar-refractivity contribution is 0.101. The van der Waals surface area contributed by atoms with Crippen molar-refractivity contribution in [3.8, 4) is 5.75 Å². The number of rotatable bonds is 7. The van der Waals surface area contributed by atoms with Gasteiger partial charge in [0.05, 0.1) is 34.9 Å². The predicted molar refractivity (Wildman–Crippen MR) is 133 cm³/mol. The lowest BCUT2D eigenvalue weighted by Crippen LogP contribution is -2.16. The summed E-state index contributed by atoms with van der Waals surface area (Å²) in [6.45, 7) is 14.5. The van der Waals surface area contributed by atoms with Crippen LogP contribution in [0.4, 0.5) is 5.69 Å². The maximum atomic E-state index is 13.2. The monoisotopic (exact) mass is 476 g/mol. The number of aryl methyl sites for hydroxylation is 6. The van der Waals surface area contributed by atoms with E-state index in [4.69, 9.17) is 9.26 Å². The molecule has 0 spiro atoms. The highest BCUT2D eigenvalue weighted by Crippen LogP contribution is 2.25. The standard InChI is InChI=1S/C26H32N6O3/c1-14-9-10-21(11-15(14)2)34-13-23-20(7)35-30-25(23)26(33)27-24-17(4)29-32(19(24)6)12-22-16(3)28-31(8)18(22)5/h9-11H,12-13H2,1-8H3,(H,27,33). The number of carbonyl (C=O) groups excluding carboxylic acids is 1. The molecule has 184 valence electrons. The number of anilines is 1. The minimum absolute atomic E-state index is 0.178. The van der Waals surface area contributed by atoms with Crippen LogP contribution in [0.25, 0.3) is 0 Å². The topological polar surface area (TPSA) is 100 Å². The summed E-state index contributed by atoms with van der Waals surface area (Å²) >= 11 is 0. The molecule has 0 bridgehead atoms. The van der Waals surface area contributed by atoms with E-state index in [1.807, 2.05) is 69.2 Å². The van der Waals surface area contributed by atoms with Crippen LogP contribution in [0.1, 0.15) is 61.3 Å². The van der Waals surface area contributed by atoms with Crippen LogP contribution < -0.4 is 10.1 Å². The molecule has 1 N–H and O–H groups in total. The van der Waals surface area contributed by atoms with Gasteiger partial charge >= 0.3 is 0 Å². The van der Waals surface area contributed by atoms with Crippen molar-refractivity contribution in [2.24, 2.45) is 7.05 Å². The highest BCUT2D eigenvalue weighted by atomic mass is 16.5. The number of nitrogens with zero attached hydrogens (tertiary/aromatic N) is 5. The number of ether oxygens (including phenoxy) is 1. The maximum absolute atomic E-state index is 13.2. The largest absolute Gasteiger partial charge is 0.489 e. The number of aromatic nitrogens is 5. The van der Waals surface area contributed by atoms with E-state index in [9.17, 15) is 4.79 Å². The Labute approximate surface area is 205 Å². The molecule has 0 saturated carbocycles. The van der Waals surface area contributed by atoms with Crippen molar-refractivity contribution in [2.75, 3.05) is 5.32 Å². The van der Waals surface area contributed by atoms with E-state index in [1.54, 1.807) is 6.92 Å². The van der Waals surface area contributed by atoms with Crippen LogP contribution in [-0.2, 0) is 20.2 Å². The molecule has 9 nitrogen and oxygen atoms in total. The Bertz CT molecular complexity index is 1410. The number of nitrogens with one attached hydrogen (secondary N) is 1. The highest BCUT2D eigenvalue weighted by Gasteiger charge is 2.23. The lowest BCUT2D eigenvalue weighted by Gasteiger charge is -2.09. The Morgan fingerprint density at radius 1 is 0.971 bits per heavy atom. The molecule has 0 radical (unpaired) electrons. The molecule has 0 aliphatic rings. The number of benzene rings is 1. The fraction of sp³-hybridized carbons (Fsp3) is 0.385. The van der Waals surface area contributed by atoms with Gasteiger partial charge in [-0.05, 0) is 71.7 Å². The van der Waals surface area contributed by atoms with Gasteiger partial charge in [0.15, 0.2) is 5.69 Å². The quantitative estimate of drug-likeness (QED) is 0.417. The molecular formula is C26H32N6O3. The summed E-state index contributed by atoms with van der Waals surface area (Å²) in [6.07, 6.45) is 0. The molecule has 0 saturated heterocycles. The van der Waals surface area contributed by atoms with Gasteiger partial charge in [0.2, 0.25) is 0 Å². The summed E-state index contributed by atoms with van der Waals surface area (Å²) < 4.78 is 15.0. The zero-order valence-corrected chi connectivity index (χ0v) is 21.6. The minimum atomic E-state index is -0.361. The van der Waals surface area contributed by atoms with E-state index in [2.05, 4.69) is 27.6 Å². The van der Waals surface area contributed by atoms with Crippen LogP contribution in [0.15, 0.2) is 22.7 Å². The summed E-state index contributed by atoms with van der Waals surface area (Å²) in [5, 5.41) is 16.1. The Morgan fingerprint density at radius 3 is 2.37 bits per heavy atom. The van der Waals surface area contributed by atoms with Crippen LogP contribution in [0, 0.1) is 48.5 Å². The van der Waals surface area contributed by atoms with Gasteiger partial charge < -0.3 is 14.6 Å². The molecule has 9 heteroatoms. The summed E-state index contributed by atoms with van der Waals surface area (Å²) in [7, 11) is 1.93. The normalized spacial score (nSPS) is 11.2. The molecule has 1 amide bonds. The molecular weight excluding hydrogens is 444 g/mol. The second-order valence-electron chi connectivity index (χ2n) is 9.03. The Morgan fingerprint density at radius 2 is 1.71 bits per heavy atom. The van der Waals surface area contributed by atoms with Crippen LogP contribution >= 0.6 is 0 Å². The molecule has 0 atom stereocenters. The Balaban J connectivity index is 1.53. The van der Waals surface area contributed by atoms with Gasteiger partial charge in [-0.3, -0.25) is 14.2 Å². The van der Waals surface area contributed by atoms with Crippen molar-refractivity contribution in [3.63, 3.8) is 0 Å². The molecule has 35 heavy (non-hydrogen) atoms. The third kappa shape index (κ3) is 4.71. The second-order valence-corrected chi connectivity index (χ2v) is 9.03. The average molecular weight is 477 g/mol. The van der Waals surface area contributed by atoms with Crippen molar-refractivity contribution < 1.29 is 14.1 Å². The lowest BCUT2D eigenvalue weighted by atomic mass is 10.1. The molecule has 0 fully saturated rings. The summed E-state index contributed by atoms with van der Waals surface area (Å²) in [5.74, 6) is 0.916. The van der Waals surface area contributed by atoms with Crippen molar-refractivity contribution >= 4 is 11.6 Å². The number of hydrogen-bond donors (Lipinski definition) is 1. The predicted octanol–water partition coefficient (Wildman–Crippen LogP) is 4.64. The van der Waals surface area contributed by atoms with Crippen LogP contribution in [0.2, 0.25) is 0 Å². The fourth-order valence-electron chi connectivity index (χ4n) is 4.10. The first-order valence-electron chi connectivity index (χ1n) is 11.6. The summed E-state index contributed by atoms with van der Waals surface area (Å²) in [6, 6.07) is 5.90. The molecule has 0 aliphatic carbocycles. The number of carbonyl (C=O) groups is 1. The molecule has 1 aromatic carbocycles. The van der Waals surface area contributed by atoms with E-state index >= 15 is 0 Å². The van der Waals surface area contributed by atoms with Gasteiger partial charge in [-0.2, -0.15) is 10.2 Å². The summed E-state index contributed by atoms with van der Waals surface area (Å²) in [5.41, 5.74) is 8.57. The Hall–Kier alpha value is -3.88. The van der Waals surface area contributed by atoms with Crippen LogP contribution in [0.5, 0.6) is 5.75 Å². The van der Waals surface area contributed by atoms with Crippen LogP contribution in [0.3, 0.4) is 0 Å².